The minimum Gasteiger partial charge on any atom is -0.340 e. The number of amides is 2. The fraction of sp³-hybridized carbons (Fsp3) is 0.448. The van der Waals surface area contributed by atoms with Crippen LogP contribution >= 0.6 is 0 Å². The molecule has 2 aliphatic carbocycles. The second-order valence-electron chi connectivity index (χ2n) is 11.3. The van der Waals surface area contributed by atoms with Crippen molar-refractivity contribution in [3.8, 4) is 22.6 Å². The van der Waals surface area contributed by atoms with E-state index in [4.69, 9.17) is 0 Å². The molecule has 0 spiro atoms. The van der Waals surface area contributed by atoms with Crippen LogP contribution in [0.15, 0.2) is 35.4 Å². The van der Waals surface area contributed by atoms with Crippen LogP contribution in [0.2, 0.25) is 0 Å². The van der Waals surface area contributed by atoms with Crippen LogP contribution in [0.4, 0.5) is 0 Å². The summed E-state index contributed by atoms with van der Waals surface area (Å²) in [6, 6.07) is 7.48. The second-order valence-corrected chi connectivity index (χ2v) is 13.3. The van der Waals surface area contributed by atoms with E-state index in [-0.39, 0.29) is 28.8 Å². The maximum atomic E-state index is 13.3. The van der Waals surface area contributed by atoms with E-state index in [0.717, 1.165) is 49.5 Å². The number of nitrogens with one attached hydrogen (secondary N) is 1. The van der Waals surface area contributed by atoms with Crippen LogP contribution in [0.25, 0.3) is 22.6 Å². The van der Waals surface area contributed by atoms with E-state index >= 15 is 0 Å². The lowest BCUT2D eigenvalue weighted by Gasteiger charge is -2.34. The fourth-order valence-electron chi connectivity index (χ4n) is 5.70. The molecule has 1 unspecified atom stereocenters. The van der Waals surface area contributed by atoms with E-state index in [0.29, 0.717) is 46.5 Å². The highest BCUT2D eigenvalue weighted by atomic mass is 32.2. The van der Waals surface area contributed by atoms with Crippen LogP contribution in [0.3, 0.4) is 0 Å². The number of aromatic amines is 1. The molecule has 2 saturated carbocycles. The van der Waals surface area contributed by atoms with E-state index in [9.17, 15) is 18.0 Å². The molecule has 0 radical (unpaired) electrons. The highest BCUT2D eigenvalue weighted by Gasteiger charge is 2.41. The van der Waals surface area contributed by atoms with Crippen molar-refractivity contribution in [2.75, 3.05) is 13.3 Å². The number of sulfone groups is 1. The van der Waals surface area contributed by atoms with Gasteiger partial charge in [0.25, 0.3) is 11.8 Å². The number of aryl methyl sites for hydroxylation is 1. The van der Waals surface area contributed by atoms with Gasteiger partial charge in [-0.05, 0) is 92.8 Å². The molecule has 1 atom stereocenters. The molecule has 2 aromatic heterocycles. The minimum absolute atomic E-state index is 0.0598. The maximum absolute atomic E-state index is 13.3. The Morgan fingerprint density at radius 2 is 1.90 bits per heavy atom. The lowest BCUT2D eigenvalue weighted by Crippen LogP contribution is -2.41. The average molecular weight is 548 g/mol. The van der Waals surface area contributed by atoms with Gasteiger partial charge in [0.2, 0.25) is 0 Å². The molecule has 0 saturated heterocycles. The molecule has 2 fully saturated rings. The average Bonchev–Trinajstić information content (AvgIpc) is 3.57. The Hall–Kier alpha value is -3.53. The van der Waals surface area contributed by atoms with Crippen LogP contribution < -0.4 is 0 Å². The quantitative estimate of drug-likeness (QED) is 0.473. The number of carbonyl (C=O) groups is 2. The number of nitrogens with zero attached hydrogens (tertiary/aromatic N) is 4. The predicted molar refractivity (Wildman–Crippen MR) is 147 cm³/mol. The molecule has 204 valence electrons. The number of hydrogen-bond acceptors (Lipinski definition) is 6. The number of pyridine rings is 1. The predicted octanol–water partition coefficient (Wildman–Crippen LogP) is 4.23. The molecule has 0 bridgehead atoms. The first-order valence-corrected chi connectivity index (χ1v) is 15.4. The van der Waals surface area contributed by atoms with Gasteiger partial charge in [-0.15, -0.1) is 0 Å². The molecule has 39 heavy (non-hydrogen) atoms. The highest BCUT2D eigenvalue weighted by Crippen LogP contribution is 2.41. The zero-order valence-electron chi connectivity index (χ0n) is 22.7. The summed E-state index contributed by atoms with van der Waals surface area (Å²) in [6.45, 7) is 4.27. The molecular weight excluding hydrogens is 514 g/mol. The third-order valence-electron chi connectivity index (χ3n) is 8.56. The Bertz CT molecular complexity index is 1600. The van der Waals surface area contributed by atoms with E-state index < -0.39 is 9.84 Å². The molecule has 3 aliphatic rings. The van der Waals surface area contributed by atoms with E-state index in [1.54, 1.807) is 17.2 Å². The van der Waals surface area contributed by atoms with Gasteiger partial charge in [0, 0.05) is 43.8 Å². The summed E-state index contributed by atoms with van der Waals surface area (Å²) < 4.78 is 25.7. The summed E-state index contributed by atoms with van der Waals surface area (Å²) in [5.41, 5.74) is 4.06. The van der Waals surface area contributed by atoms with Crippen molar-refractivity contribution < 1.29 is 18.0 Å². The van der Waals surface area contributed by atoms with Crippen molar-refractivity contribution in [3.05, 3.63) is 53.0 Å². The normalized spacial score (nSPS) is 18.2. The van der Waals surface area contributed by atoms with Crippen molar-refractivity contribution >= 4 is 21.7 Å². The summed E-state index contributed by atoms with van der Waals surface area (Å²) in [7, 11) is -1.83. The van der Waals surface area contributed by atoms with Gasteiger partial charge >= 0.3 is 0 Å². The van der Waals surface area contributed by atoms with Crippen molar-refractivity contribution in [1.82, 2.24) is 24.8 Å². The summed E-state index contributed by atoms with van der Waals surface area (Å²) in [5.74, 6) is 0.641. The van der Waals surface area contributed by atoms with Gasteiger partial charge in [0.05, 0.1) is 10.5 Å². The molecule has 10 heteroatoms. The standard InChI is InChI=1S/C29H33N5O4S/c1-16-26(29(36)33(3)22-6-5-7-22)32-27(31-16)23-13-19(10-11-30-23)20-12-21-15-34(17(2)18-8-9-18)28(35)25(21)24(14-20)39(4,37)38/h10-14,17-18,22H,5-9,15H2,1-4H3,(H,31,32). The number of H-pyrrole nitrogens is 1. The van der Waals surface area contributed by atoms with E-state index in [1.807, 2.05) is 44.0 Å². The monoisotopic (exact) mass is 547 g/mol. The van der Waals surface area contributed by atoms with Crippen LogP contribution in [-0.4, -0.2) is 70.4 Å². The molecule has 6 rings (SSSR count). The van der Waals surface area contributed by atoms with Gasteiger partial charge in [0.1, 0.15) is 11.4 Å². The smallest absolute Gasteiger partial charge is 0.274 e. The van der Waals surface area contributed by atoms with Gasteiger partial charge in [-0.1, -0.05) is 0 Å². The number of fused-ring (bicyclic) bond motifs is 1. The zero-order chi connectivity index (χ0) is 27.6. The lowest BCUT2D eigenvalue weighted by atomic mass is 9.91. The van der Waals surface area contributed by atoms with Crippen molar-refractivity contribution in [2.45, 2.75) is 69.5 Å². The van der Waals surface area contributed by atoms with Crippen LogP contribution in [0.1, 0.15) is 71.1 Å². The van der Waals surface area contributed by atoms with Gasteiger partial charge in [-0.25, -0.2) is 13.4 Å². The van der Waals surface area contributed by atoms with Gasteiger partial charge in [0.15, 0.2) is 15.7 Å². The maximum Gasteiger partial charge on any atom is 0.274 e. The molecule has 2 amide bonds. The number of hydrogen-bond donors (Lipinski definition) is 1. The number of aromatic nitrogens is 3. The van der Waals surface area contributed by atoms with Crippen LogP contribution in [0.5, 0.6) is 0 Å². The van der Waals surface area contributed by atoms with Crippen LogP contribution in [0, 0.1) is 12.8 Å². The third-order valence-corrected chi connectivity index (χ3v) is 9.68. The zero-order valence-corrected chi connectivity index (χ0v) is 23.5. The molecule has 1 aliphatic heterocycles. The topological polar surface area (TPSA) is 116 Å². The number of carbonyl (C=O) groups excluding carboxylic acids is 2. The first-order chi connectivity index (χ1) is 18.5. The summed E-state index contributed by atoms with van der Waals surface area (Å²) in [4.78, 5) is 42.3. The molecular formula is C29H33N5O4S. The highest BCUT2D eigenvalue weighted by molar-refractivity contribution is 7.90. The fourth-order valence-corrected chi connectivity index (χ4v) is 6.63. The SMILES string of the molecule is Cc1[nH]c(-c2cc(-c3cc4c(c(S(C)(=O)=O)c3)C(=O)N(C(C)C3CC3)C4)ccn2)nc1C(=O)N(C)C1CCC1. The Kier molecular flexibility index (Phi) is 6.13. The van der Waals surface area contributed by atoms with E-state index in [1.165, 1.54) is 0 Å². The number of imidazole rings is 1. The first kappa shape index (κ1) is 25.7. The van der Waals surface area contributed by atoms with E-state index in [2.05, 4.69) is 15.0 Å². The molecule has 3 aromatic rings. The summed E-state index contributed by atoms with van der Waals surface area (Å²) in [5, 5.41) is 0. The Morgan fingerprint density at radius 1 is 1.15 bits per heavy atom. The van der Waals surface area contributed by atoms with Gasteiger partial charge in [-0.3, -0.25) is 14.6 Å². The van der Waals surface area contributed by atoms with Crippen LogP contribution in [-0.2, 0) is 16.4 Å². The van der Waals surface area contributed by atoms with Crippen molar-refractivity contribution in [1.29, 1.82) is 0 Å². The largest absolute Gasteiger partial charge is 0.340 e. The first-order valence-electron chi connectivity index (χ1n) is 13.5. The Labute approximate surface area is 228 Å². The van der Waals surface area contributed by atoms with Crippen molar-refractivity contribution in [2.24, 2.45) is 5.92 Å². The molecule has 3 heterocycles. The molecule has 1 aromatic carbocycles. The lowest BCUT2D eigenvalue weighted by molar-refractivity contribution is 0.0645. The Balaban J connectivity index is 1.36. The summed E-state index contributed by atoms with van der Waals surface area (Å²) >= 11 is 0. The Morgan fingerprint density at radius 3 is 2.54 bits per heavy atom. The minimum atomic E-state index is -3.66. The summed E-state index contributed by atoms with van der Waals surface area (Å²) in [6.07, 6.45) is 8.16. The number of benzene rings is 1. The van der Waals surface area contributed by atoms with Gasteiger partial charge in [-0.2, -0.15) is 0 Å². The number of rotatable bonds is 7. The van der Waals surface area contributed by atoms with Gasteiger partial charge < -0.3 is 14.8 Å². The molecule has 9 nitrogen and oxygen atoms in total. The second kappa shape index (κ2) is 9.29. The molecule has 1 N–H and O–H groups in total. The third kappa shape index (κ3) is 4.54. The van der Waals surface area contributed by atoms with Crippen molar-refractivity contribution in [3.63, 3.8) is 0 Å².